The van der Waals surface area contributed by atoms with Crippen LogP contribution in [0.25, 0.3) is 15.3 Å². The van der Waals surface area contributed by atoms with Crippen LogP contribution in [-0.4, -0.2) is 25.8 Å². The van der Waals surface area contributed by atoms with Crippen molar-refractivity contribution >= 4 is 50.5 Å². The molecule has 0 aliphatic carbocycles. The molecule has 0 saturated heterocycles. The summed E-state index contributed by atoms with van der Waals surface area (Å²) in [5.74, 6) is -1.12. The number of carboxylic acids is 1. The van der Waals surface area contributed by atoms with Gasteiger partial charge in [0.1, 0.15) is 5.69 Å². The van der Waals surface area contributed by atoms with Crippen molar-refractivity contribution < 1.29 is 9.90 Å². The molecule has 0 spiro atoms. The summed E-state index contributed by atoms with van der Waals surface area (Å²) in [5.41, 5.74) is 1.02. The van der Waals surface area contributed by atoms with Crippen molar-refractivity contribution in [3.05, 3.63) is 69.1 Å². The van der Waals surface area contributed by atoms with Crippen LogP contribution in [0.3, 0.4) is 0 Å². The predicted octanol–water partition coefficient (Wildman–Crippen LogP) is 4.85. The van der Waals surface area contributed by atoms with Crippen LogP contribution in [0.5, 0.6) is 0 Å². The summed E-state index contributed by atoms with van der Waals surface area (Å²) < 4.78 is 2.13. The number of aromatic carboxylic acids is 1. The first-order valence-corrected chi connectivity index (χ1v) is 9.25. The quantitative estimate of drug-likeness (QED) is 0.465. The van der Waals surface area contributed by atoms with E-state index in [1.165, 1.54) is 28.2 Å². The van der Waals surface area contributed by atoms with Crippen molar-refractivity contribution in [1.29, 1.82) is 0 Å². The summed E-state index contributed by atoms with van der Waals surface area (Å²) >= 11 is 7.31. The molecule has 0 amide bonds. The van der Waals surface area contributed by atoms with E-state index >= 15 is 0 Å². The van der Waals surface area contributed by atoms with Crippen LogP contribution < -0.4 is 5.56 Å². The number of halogens is 1. The van der Waals surface area contributed by atoms with Crippen LogP contribution in [0.2, 0.25) is 5.02 Å². The largest absolute Gasteiger partial charge is 0.478 e. The van der Waals surface area contributed by atoms with Crippen LogP contribution in [0, 0.1) is 6.92 Å². The summed E-state index contributed by atoms with van der Waals surface area (Å²) in [4.78, 5) is 28.5. The van der Waals surface area contributed by atoms with Crippen molar-refractivity contribution in [3.8, 4) is 5.13 Å². The van der Waals surface area contributed by atoms with Crippen LogP contribution in [0.4, 0.5) is 11.4 Å². The predicted molar refractivity (Wildman–Crippen MR) is 107 cm³/mol. The highest BCUT2D eigenvalue weighted by atomic mass is 35.5. The molecule has 0 saturated carbocycles. The van der Waals surface area contributed by atoms with Crippen LogP contribution in [0.15, 0.2) is 57.5 Å². The van der Waals surface area contributed by atoms with Gasteiger partial charge in [0.2, 0.25) is 5.13 Å². The molecule has 10 heteroatoms. The zero-order valence-electron chi connectivity index (χ0n) is 14.4. The number of thiazole rings is 1. The van der Waals surface area contributed by atoms with E-state index in [4.69, 9.17) is 11.6 Å². The number of carboxylic acid groups (broad SMARTS) is 1. The monoisotopic (exact) mass is 413 g/mol. The van der Waals surface area contributed by atoms with Gasteiger partial charge in [0.15, 0.2) is 5.69 Å². The van der Waals surface area contributed by atoms with E-state index in [1.807, 2.05) is 0 Å². The fraction of sp³-hybridized carbons (Fsp3) is 0.0556. The summed E-state index contributed by atoms with van der Waals surface area (Å²) in [6.45, 7) is 1.68. The Kier molecular flexibility index (Phi) is 4.54. The van der Waals surface area contributed by atoms with Crippen molar-refractivity contribution in [3.63, 3.8) is 0 Å². The van der Waals surface area contributed by atoms with Crippen molar-refractivity contribution in [2.75, 3.05) is 0 Å². The molecule has 0 atom stereocenters. The second-order valence-corrected chi connectivity index (χ2v) is 7.30. The standard InChI is InChI=1S/C18H12ClN5O3S/c1-9-15(22-21-12-5-3-2-4-11(12)17(26)27)16(25)24(23-9)18-20-13-7-6-10(19)8-14(13)28-18/h2-8,23H,1H3,(H,26,27). The molecule has 2 aromatic heterocycles. The molecule has 8 nitrogen and oxygen atoms in total. The van der Waals surface area contributed by atoms with E-state index in [-0.39, 0.29) is 16.9 Å². The third-order valence-corrected chi connectivity index (χ3v) is 5.20. The smallest absolute Gasteiger partial charge is 0.337 e. The number of fused-ring (bicyclic) bond motifs is 1. The SMILES string of the molecule is Cc1[nH]n(-c2nc3ccc(Cl)cc3s2)c(=O)c1N=Nc1ccccc1C(=O)O. The van der Waals surface area contributed by atoms with Crippen molar-refractivity contribution in [1.82, 2.24) is 14.8 Å². The minimum absolute atomic E-state index is 0.00261. The van der Waals surface area contributed by atoms with E-state index in [0.717, 1.165) is 10.2 Å². The molecule has 2 aromatic carbocycles. The van der Waals surface area contributed by atoms with Gasteiger partial charge >= 0.3 is 11.5 Å². The Hall–Kier alpha value is -3.30. The van der Waals surface area contributed by atoms with E-state index in [2.05, 4.69) is 20.3 Å². The van der Waals surface area contributed by atoms with Gasteiger partial charge in [0, 0.05) is 5.02 Å². The molecule has 0 aliphatic rings. The Bertz CT molecular complexity index is 1300. The maximum atomic E-state index is 12.8. The Morgan fingerprint density at radius 3 is 2.82 bits per heavy atom. The molecule has 0 bridgehead atoms. The number of aromatic nitrogens is 3. The molecule has 28 heavy (non-hydrogen) atoms. The first-order chi connectivity index (χ1) is 13.4. The summed E-state index contributed by atoms with van der Waals surface area (Å²) in [6.07, 6.45) is 0. The molecule has 0 fully saturated rings. The van der Waals surface area contributed by atoms with Gasteiger partial charge in [-0.2, -0.15) is 4.68 Å². The first-order valence-electron chi connectivity index (χ1n) is 8.06. The second kappa shape index (κ2) is 7.02. The van der Waals surface area contributed by atoms with Crippen LogP contribution in [0.1, 0.15) is 16.1 Å². The number of aryl methyl sites for hydroxylation is 1. The third-order valence-electron chi connectivity index (χ3n) is 3.96. The van der Waals surface area contributed by atoms with E-state index in [1.54, 1.807) is 37.3 Å². The van der Waals surface area contributed by atoms with Gasteiger partial charge in [-0.15, -0.1) is 10.2 Å². The molecular formula is C18H12ClN5O3S. The van der Waals surface area contributed by atoms with Gasteiger partial charge in [-0.05, 0) is 37.3 Å². The number of nitrogens with zero attached hydrogens (tertiary/aromatic N) is 4. The van der Waals surface area contributed by atoms with Crippen LogP contribution >= 0.6 is 22.9 Å². The summed E-state index contributed by atoms with van der Waals surface area (Å²) in [5, 5.41) is 21.1. The first kappa shape index (κ1) is 18.1. The molecule has 0 radical (unpaired) electrons. The fourth-order valence-corrected chi connectivity index (χ4v) is 3.82. The van der Waals surface area contributed by atoms with Crippen LogP contribution in [-0.2, 0) is 0 Å². The van der Waals surface area contributed by atoms with Crippen molar-refractivity contribution in [2.45, 2.75) is 6.92 Å². The molecule has 140 valence electrons. The number of carbonyl (C=O) groups is 1. The lowest BCUT2D eigenvalue weighted by atomic mass is 10.2. The molecule has 4 rings (SSSR count). The van der Waals surface area contributed by atoms with Gasteiger partial charge in [0.25, 0.3) is 0 Å². The minimum atomic E-state index is -1.12. The Morgan fingerprint density at radius 1 is 1.25 bits per heavy atom. The number of H-pyrrole nitrogens is 1. The summed E-state index contributed by atoms with van der Waals surface area (Å²) in [7, 11) is 0. The molecule has 0 aliphatic heterocycles. The highest BCUT2D eigenvalue weighted by molar-refractivity contribution is 7.20. The maximum absolute atomic E-state index is 12.8. The van der Waals surface area contributed by atoms with Crippen molar-refractivity contribution in [2.24, 2.45) is 10.2 Å². The number of hydrogen-bond donors (Lipinski definition) is 2. The number of nitrogens with one attached hydrogen (secondary N) is 1. The third kappa shape index (κ3) is 3.21. The van der Waals surface area contributed by atoms with E-state index in [0.29, 0.717) is 15.8 Å². The Morgan fingerprint density at radius 2 is 2.04 bits per heavy atom. The number of aromatic amines is 1. The lowest BCUT2D eigenvalue weighted by molar-refractivity contribution is 0.0697. The number of hydrogen-bond acceptors (Lipinski definition) is 6. The molecule has 4 aromatic rings. The van der Waals surface area contributed by atoms with E-state index in [9.17, 15) is 14.7 Å². The zero-order chi connectivity index (χ0) is 19.8. The number of azo groups is 1. The van der Waals surface area contributed by atoms with Gasteiger partial charge in [-0.25, -0.2) is 9.78 Å². The highest BCUT2D eigenvalue weighted by Crippen LogP contribution is 2.28. The number of rotatable bonds is 4. The fourth-order valence-electron chi connectivity index (χ4n) is 2.62. The lowest BCUT2D eigenvalue weighted by Gasteiger charge is -1.97. The highest BCUT2D eigenvalue weighted by Gasteiger charge is 2.16. The van der Waals surface area contributed by atoms with Gasteiger partial charge in [0.05, 0.1) is 21.5 Å². The van der Waals surface area contributed by atoms with Gasteiger partial charge in [-0.1, -0.05) is 35.1 Å². The topological polar surface area (TPSA) is 113 Å². The maximum Gasteiger partial charge on any atom is 0.337 e. The van der Waals surface area contributed by atoms with Gasteiger partial charge < -0.3 is 5.11 Å². The summed E-state index contributed by atoms with van der Waals surface area (Å²) in [6, 6.07) is 11.5. The molecule has 0 unspecified atom stereocenters. The second-order valence-electron chi connectivity index (χ2n) is 5.86. The number of benzene rings is 2. The molecular weight excluding hydrogens is 402 g/mol. The normalized spacial score (nSPS) is 11.5. The zero-order valence-corrected chi connectivity index (χ0v) is 16.0. The Balaban J connectivity index is 1.76. The lowest BCUT2D eigenvalue weighted by Crippen LogP contribution is -2.13. The molecule has 2 N–H and O–H groups in total. The Labute approximate surface area is 166 Å². The van der Waals surface area contributed by atoms with E-state index < -0.39 is 11.5 Å². The van der Waals surface area contributed by atoms with Gasteiger partial charge in [-0.3, -0.25) is 9.89 Å². The average molecular weight is 414 g/mol. The average Bonchev–Trinajstić information content (AvgIpc) is 3.20. The minimum Gasteiger partial charge on any atom is -0.478 e. The molecule has 2 heterocycles.